The second kappa shape index (κ2) is 9.65. The van der Waals surface area contributed by atoms with Crippen LogP contribution in [0.2, 0.25) is 5.02 Å². The molecule has 0 radical (unpaired) electrons. The van der Waals surface area contributed by atoms with E-state index in [0.29, 0.717) is 6.54 Å². The summed E-state index contributed by atoms with van der Waals surface area (Å²) < 4.78 is 5.64. The average molecular weight is 417 g/mol. The molecule has 156 valence electrons. The van der Waals surface area contributed by atoms with E-state index in [1.165, 1.54) is 18.4 Å². The number of rotatable bonds is 6. The molecule has 1 atom stereocenters. The van der Waals surface area contributed by atoms with E-state index in [9.17, 15) is 4.79 Å². The van der Waals surface area contributed by atoms with E-state index < -0.39 is 0 Å². The molecule has 0 saturated carbocycles. The maximum Gasteiger partial charge on any atom is 0.317 e. The van der Waals surface area contributed by atoms with Gasteiger partial charge < -0.3 is 14.6 Å². The number of nitrogens with one attached hydrogen (secondary N) is 1. The van der Waals surface area contributed by atoms with Gasteiger partial charge in [0.2, 0.25) is 0 Å². The third-order valence-electron chi connectivity index (χ3n) is 5.88. The highest BCUT2D eigenvalue weighted by atomic mass is 35.5. The van der Waals surface area contributed by atoms with E-state index in [2.05, 4.69) is 27.2 Å². The monoisotopic (exact) mass is 416 g/mol. The van der Waals surface area contributed by atoms with Gasteiger partial charge in [0.1, 0.15) is 5.76 Å². The molecule has 6 nitrogen and oxygen atoms in total. The van der Waals surface area contributed by atoms with Crippen LogP contribution >= 0.6 is 11.6 Å². The smallest absolute Gasteiger partial charge is 0.317 e. The Hall–Kier alpha value is -2.02. The van der Waals surface area contributed by atoms with Crippen molar-refractivity contribution in [3.63, 3.8) is 0 Å². The fourth-order valence-electron chi connectivity index (χ4n) is 4.20. The SMILES string of the molecule is O=C(NCC(c1ccco1)N1CCCC1)N1CCN(Cc2ccc(Cl)cc2)CC1. The van der Waals surface area contributed by atoms with Crippen LogP contribution in [0.25, 0.3) is 0 Å². The number of amides is 2. The Morgan fingerprint density at radius 1 is 1.03 bits per heavy atom. The molecule has 2 fully saturated rings. The summed E-state index contributed by atoms with van der Waals surface area (Å²) in [6.07, 6.45) is 4.13. The Kier molecular flexibility index (Phi) is 6.74. The first-order chi connectivity index (χ1) is 14.2. The minimum absolute atomic E-state index is 0.0203. The molecule has 2 aliphatic heterocycles. The summed E-state index contributed by atoms with van der Waals surface area (Å²) in [5.74, 6) is 0.931. The van der Waals surface area contributed by atoms with Crippen LogP contribution < -0.4 is 5.32 Å². The zero-order valence-corrected chi connectivity index (χ0v) is 17.5. The molecule has 2 saturated heterocycles. The van der Waals surface area contributed by atoms with Crippen molar-refractivity contribution < 1.29 is 9.21 Å². The van der Waals surface area contributed by atoms with Gasteiger partial charge in [0.25, 0.3) is 0 Å². The molecule has 7 heteroatoms. The molecule has 0 bridgehead atoms. The number of piperazine rings is 1. The van der Waals surface area contributed by atoms with Gasteiger partial charge in [-0.3, -0.25) is 9.80 Å². The van der Waals surface area contributed by atoms with Crippen molar-refractivity contribution in [2.24, 2.45) is 0 Å². The van der Waals surface area contributed by atoms with Crippen LogP contribution in [-0.2, 0) is 6.54 Å². The van der Waals surface area contributed by atoms with E-state index >= 15 is 0 Å². The van der Waals surface area contributed by atoms with Crippen LogP contribution in [0.5, 0.6) is 0 Å². The predicted molar refractivity (Wildman–Crippen MR) is 114 cm³/mol. The Labute approximate surface area is 177 Å². The minimum Gasteiger partial charge on any atom is -0.468 e. The molecule has 1 aromatic heterocycles. The van der Waals surface area contributed by atoms with E-state index in [1.54, 1.807) is 6.26 Å². The summed E-state index contributed by atoms with van der Waals surface area (Å²) in [4.78, 5) is 19.4. The van der Waals surface area contributed by atoms with E-state index in [-0.39, 0.29) is 12.1 Å². The van der Waals surface area contributed by atoms with Gasteiger partial charge in [-0.15, -0.1) is 0 Å². The molecule has 2 amide bonds. The van der Waals surface area contributed by atoms with Crippen LogP contribution in [0.15, 0.2) is 47.1 Å². The number of hydrogen-bond donors (Lipinski definition) is 1. The third kappa shape index (κ3) is 5.32. The lowest BCUT2D eigenvalue weighted by molar-refractivity contribution is 0.131. The standard InChI is InChI=1S/C22H29ClN4O2/c23-19-7-5-18(6-8-19)17-25-11-13-27(14-12-25)22(28)24-16-20(21-4-3-15-29-21)26-9-1-2-10-26/h3-8,15,20H,1-2,9-14,16-17H2,(H,24,28). The molecule has 1 unspecified atom stereocenters. The van der Waals surface area contributed by atoms with Crippen molar-refractivity contribution >= 4 is 17.6 Å². The van der Waals surface area contributed by atoms with Gasteiger partial charge in [-0.25, -0.2) is 4.79 Å². The normalized spacial score (nSPS) is 19.4. The largest absolute Gasteiger partial charge is 0.468 e. The number of furan rings is 1. The summed E-state index contributed by atoms with van der Waals surface area (Å²) in [6, 6.07) is 12.0. The summed E-state index contributed by atoms with van der Waals surface area (Å²) in [7, 11) is 0. The summed E-state index contributed by atoms with van der Waals surface area (Å²) in [5.41, 5.74) is 1.25. The fourth-order valence-corrected chi connectivity index (χ4v) is 4.32. The van der Waals surface area contributed by atoms with Crippen LogP contribution in [-0.4, -0.2) is 66.5 Å². The minimum atomic E-state index is 0.0203. The number of halogens is 1. The first kappa shape index (κ1) is 20.3. The highest BCUT2D eigenvalue weighted by Gasteiger charge is 2.27. The van der Waals surface area contributed by atoms with Crippen molar-refractivity contribution in [3.05, 3.63) is 59.0 Å². The van der Waals surface area contributed by atoms with Crippen molar-refractivity contribution in [2.45, 2.75) is 25.4 Å². The number of hydrogen-bond acceptors (Lipinski definition) is 4. The molecular weight excluding hydrogens is 388 g/mol. The number of likely N-dealkylation sites (tertiary alicyclic amines) is 1. The molecule has 2 aromatic rings. The number of nitrogens with zero attached hydrogens (tertiary/aromatic N) is 3. The molecule has 29 heavy (non-hydrogen) atoms. The topological polar surface area (TPSA) is 52.0 Å². The van der Waals surface area contributed by atoms with Crippen molar-refractivity contribution in [1.29, 1.82) is 0 Å². The maximum absolute atomic E-state index is 12.7. The average Bonchev–Trinajstić information content (AvgIpc) is 3.45. The molecule has 0 aliphatic carbocycles. The van der Waals surface area contributed by atoms with Gasteiger partial charge in [-0.2, -0.15) is 0 Å². The molecule has 1 aromatic carbocycles. The Balaban J connectivity index is 1.25. The lowest BCUT2D eigenvalue weighted by Gasteiger charge is -2.35. The molecule has 3 heterocycles. The number of carbonyl (C=O) groups is 1. The quantitative estimate of drug-likeness (QED) is 0.781. The Morgan fingerprint density at radius 2 is 1.76 bits per heavy atom. The van der Waals surface area contributed by atoms with Crippen LogP contribution in [0, 0.1) is 0 Å². The third-order valence-corrected chi connectivity index (χ3v) is 6.13. The van der Waals surface area contributed by atoms with Crippen LogP contribution in [0.4, 0.5) is 4.79 Å². The van der Waals surface area contributed by atoms with E-state index in [1.807, 2.05) is 29.2 Å². The number of urea groups is 1. The van der Waals surface area contributed by atoms with Gasteiger partial charge in [-0.05, 0) is 55.8 Å². The van der Waals surface area contributed by atoms with Crippen molar-refractivity contribution in [2.75, 3.05) is 45.8 Å². The van der Waals surface area contributed by atoms with Gasteiger partial charge in [0, 0.05) is 44.3 Å². The van der Waals surface area contributed by atoms with Gasteiger partial charge >= 0.3 is 6.03 Å². The molecule has 2 aliphatic rings. The molecule has 1 N–H and O–H groups in total. The molecular formula is C22H29ClN4O2. The lowest BCUT2D eigenvalue weighted by atomic mass is 10.2. The van der Waals surface area contributed by atoms with Gasteiger partial charge in [0.15, 0.2) is 0 Å². The van der Waals surface area contributed by atoms with Crippen LogP contribution in [0.1, 0.15) is 30.2 Å². The fraction of sp³-hybridized carbons (Fsp3) is 0.500. The number of benzene rings is 1. The van der Waals surface area contributed by atoms with Gasteiger partial charge in [0.05, 0.1) is 12.3 Å². The number of carbonyl (C=O) groups excluding carboxylic acids is 1. The predicted octanol–water partition coefficient (Wildman–Crippen LogP) is 3.60. The van der Waals surface area contributed by atoms with Crippen molar-refractivity contribution in [1.82, 2.24) is 20.0 Å². The van der Waals surface area contributed by atoms with Gasteiger partial charge in [-0.1, -0.05) is 23.7 Å². The maximum atomic E-state index is 12.7. The Bertz CT molecular complexity index is 767. The molecule has 0 spiro atoms. The van der Waals surface area contributed by atoms with Crippen molar-refractivity contribution in [3.8, 4) is 0 Å². The summed E-state index contributed by atoms with van der Waals surface area (Å²) >= 11 is 5.96. The highest BCUT2D eigenvalue weighted by molar-refractivity contribution is 6.30. The first-order valence-corrected chi connectivity index (χ1v) is 10.8. The lowest BCUT2D eigenvalue weighted by Crippen LogP contribution is -2.52. The second-order valence-corrected chi connectivity index (χ2v) is 8.29. The Morgan fingerprint density at radius 3 is 2.41 bits per heavy atom. The van der Waals surface area contributed by atoms with Crippen LogP contribution in [0.3, 0.4) is 0 Å². The first-order valence-electron chi connectivity index (χ1n) is 10.5. The summed E-state index contributed by atoms with van der Waals surface area (Å²) in [6.45, 7) is 6.84. The highest BCUT2D eigenvalue weighted by Crippen LogP contribution is 2.25. The zero-order valence-electron chi connectivity index (χ0n) is 16.7. The second-order valence-electron chi connectivity index (χ2n) is 7.85. The van der Waals surface area contributed by atoms with E-state index in [0.717, 1.165) is 56.6 Å². The summed E-state index contributed by atoms with van der Waals surface area (Å²) in [5, 5.41) is 3.90. The molecule has 4 rings (SSSR count). The zero-order chi connectivity index (χ0) is 20.1. The van der Waals surface area contributed by atoms with E-state index in [4.69, 9.17) is 16.0 Å².